The van der Waals surface area contributed by atoms with Gasteiger partial charge in [-0.05, 0) is 11.1 Å². The van der Waals surface area contributed by atoms with Crippen molar-refractivity contribution in [1.29, 1.82) is 0 Å². The molecule has 1 heterocycles. The van der Waals surface area contributed by atoms with Crippen molar-refractivity contribution in [3.05, 3.63) is 77.6 Å². The Labute approximate surface area is 150 Å². The normalized spacial score (nSPS) is 11.7. The Hall–Kier alpha value is -3.26. The van der Waals surface area contributed by atoms with Crippen LogP contribution in [-0.4, -0.2) is 33.3 Å². The van der Waals surface area contributed by atoms with Crippen LogP contribution in [0.1, 0.15) is 23.0 Å². The Morgan fingerprint density at radius 1 is 1.00 bits per heavy atom. The van der Waals surface area contributed by atoms with Crippen LogP contribution in [0.3, 0.4) is 0 Å². The largest absolute Gasteiger partial charge is 0.445 e. The second kappa shape index (κ2) is 9.28. The number of tetrazole rings is 1. The zero-order valence-electron chi connectivity index (χ0n) is 14.0. The number of alkyl carbamates (subject to hydrolysis) is 1. The lowest BCUT2D eigenvalue weighted by Gasteiger charge is -2.15. The van der Waals surface area contributed by atoms with Crippen LogP contribution in [0.5, 0.6) is 0 Å². The lowest BCUT2D eigenvalue weighted by molar-refractivity contribution is 0.0867. The highest BCUT2D eigenvalue weighted by molar-refractivity contribution is 5.67. The van der Waals surface area contributed by atoms with Crippen LogP contribution in [0.15, 0.2) is 60.7 Å². The number of nitrogens with one attached hydrogen (secondary N) is 2. The van der Waals surface area contributed by atoms with Gasteiger partial charge in [0.15, 0.2) is 5.82 Å². The van der Waals surface area contributed by atoms with E-state index in [1.807, 2.05) is 60.7 Å². The third-order valence-corrected chi connectivity index (χ3v) is 3.57. The van der Waals surface area contributed by atoms with Crippen LogP contribution >= 0.6 is 0 Å². The van der Waals surface area contributed by atoms with Crippen LogP contribution in [-0.2, 0) is 22.7 Å². The molecule has 26 heavy (non-hydrogen) atoms. The van der Waals surface area contributed by atoms with Crippen molar-refractivity contribution in [2.75, 3.05) is 6.61 Å². The quantitative estimate of drug-likeness (QED) is 0.645. The van der Waals surface area contributed by atoms with E-state index in [4.69, 9.17) is 9.47 Å². The van der Waals surface area contributed by atoms with E-state index in [-0.39, 0.29) is 13.2 Å². The first-order chi connectivity index (χ1) is 12.8. The predicted octanol–water partition coefficient (Wildman–Crippen LogP) is 2.38. The number of rotatable bonds is 8. The molecule has 0 saturated heterocycles. The van der Waals surface area contributed by atoms with Crippen molar-refractivity contribution >= 4 is 6.09 Å². The Morgan fingerprint density at radius 3 is 2.27 bits per heavy atom. The molecule has 0 fully saturated rings. The highest BCUT2D eigenvalue weighted by Gasteiger charge is 2.20. The molecule has 0 radical (unpaired) electrons. The monoisotopic (exact) mass is 353 g/mol. The van der Waals surface area contributed by atoms with Crippen LogP contribution in [0.4, 0.5) is 4.79 Å². The van der Waals surface area contributed by atoms with Crippen LogP contribution < -0.4 is 5.32 Å². The fourth-order valence-electron chi connectivity index (χ4n) is 2.27. The van der Waals surface area contributed by atoms with Crippen molar-refractivity contribution in [1.82, 2.24) is 25.9 Å². The summed E-state index contributed by atoms with van der Waals surface area (Å²) in [6.07, 6.45) is -0.577. The van der Waals surface area contributed by atoms with Gasteiger partial charge in [-0.15, -0.1) is 10.2 Å². The van der Waals surface area contributed by atoms with Gasteiger partial charge in [0.25, 0.3) is 0 Å². The maximum Gasteiger partial charge on any atom is 0.408 e. The molecule has 0 spiro atoms. The van der Waals surface area contributed by atoms with E-state index >= 15 is 0 Å². The molecule has 0 unspecified atom stereocenters. The number of nitrogens with zero attached hydrogens (tertiary/aromatic N) is 3. The summed E-state index contributed by atoms with van der Waals surface area (Å²) in [4.78, 5) is 12.1. The minimum atomic E-state index is -0.577. The van der Waals surface area contributed by atoms with Gasteiger partial charge >= 0.3 is 6.09 Å². The number of hydrogen-bond acceptors (Lipinski definition) is 6. The van der Waals surface area contributed by atoms with E-state index in [9.17, 15) is 4.79 Å². The summed E-state index contributed by atoms with van der Waals surface area (Å²) in [6, 6.07) is 18.6. The second-order valence-electron chi connectivity index (χ2n) is 5.53. The number of carbonyl (C=O) groups excluding carboxylic acids is 1. The van der Waals surface area contributed by atoms with Crippen LogP contribution in [0.2, 0.25) is 0 Å². The molecule has 8 nitrogen and oxygen atoms in total. The van der Waals surface area contributed by atoms with Crippen molar-refractivity contribution in [2.45, 2.75) is 19.3 Å². The standard InChI is InChI=1S/C18H19N5O3/c24-18(26-12-15-9-5-2-6-10-15)19-16(17-20-22-23-21-17)13-25-11-14-7-3-1-4-8-14/h1-10,16H,11-13H2,(H,19,24)(H,20,21,22,23)/t16-/m1/s1. The van der Waals surface area contributed by atoms with Crippen molar-refractivity contribution in [3.8, 4) is 0 Å². The molecule has 0 bridgehead atoms. The third-order valence-electron chi connectivity index (χ3n) is 3.57. The van der Waals surface area contributed by atoms with Gasteiger partial charge in [-0.25, -0.2) is 4.79 Å². The molecule has 0 aliphatic carbocycles. The van der Waals surface area contributed by atoms with Crippen molar-refractivity contribution in [2.24, 2.45) is 0 Å². The van der Waals surface area contributed by atoms with Gasteiger partial charge in [-0.3, -0.25) is 0 Å². The van der Waals surface area contributed by atoms with E-state index < -0.39 is 12.1 Å². The Balaban J connectivity index is 1.52. The number of ether oxygens (including phenoxy) is 2. The van der Waals surface area contributed by atoms with E-state index in [0.717, 1.165) is 11.1 Å². The average molecular weight is 353 g/mol. The molecule has 0 saturated carbocycles. The average Bonchev–Trinajstić information content (AvgIpc) is 3.22. The lowest BCUT2D eigenvalue weighted by atomic mass is 10.2. The fraction of sp³-hybridized carbons (Fsp3) is 0.222. The number of H-pyrrole nitrogens is 1. The molecule has 0 aliphatic rings. The minimum absolute atomic E-state index is 0.177. The summed E-state index contributed by atoms with van der Waals surface area (Å²) in [5.74, 6) is 0.328. The summed E-state index contributed by atoms with van der Waals surface area (Å²) < 4.78 is 10.9. The number of carbonyl (C=O) groups is 1. The minimum Gasteiger partial charge on any atom is -0.445 e. The highest BCUT2D eigenvalue weighted by atomic mass is 16.5. The first-order valence-electron chi connectivity index (χ1n) is 8.13. The van der Waals surface area contributed by atoms with Crippen LogP contribution in [0.25, 0.3) is 0 Å². The fourth-order valence-corrected chi connectivity index (χ4v) is 2.27. The Morgan fingerprint density at radius 2 is 1.65 bits per heavy atom. The van der Waals surface area contributed by atoms with Gasteiger partial charge in [-0.2, -0.15) is 5.21 Å². The molecule has 0 aliphatic heterocycles. The number of amides is 1. The molecular weight excluding hydrogens is 334 g/mol. The third kappa shape index (κ3) is 5.38. The van der Waals surface area contributed by atoms with Gasteiger partial charge in [0, 0.05) is 0 Å². The first-order valence-corrected chi connectivity index (χ1v) is 8.13. The van der Waals surface area contributed by atoms with Gasteiger partial charge in [0.05, 0.1) is 13.2 Å². The lowest BCUT2D eigenvalue weighted by Crippen LogP contribution is -2.32. The highest BCUT2D eigenvalue weighted by Crippen LogP contribution is 2.10. The summed E-state index contributed by atoms with van der Waals surface area (Å²) in [7, 11) is 0. The molecule has 1 aromatic heterocycles. The number of benzene rings is 2. The molecule has 8 heteroatoms. The maximum absolute atomic E-state index is 12.1. The number of hydrogen-bond donors (Lipinski definition) is 2. The van der Waals surface area contributed by atoms with Crippen molar-refractivity contribution in [3.63, 3.8) is 0 Å². The number of aromatic nitrogens is 4. The number of aromatic amines is 1. The van der Waals surface area contributed by atoms with E-state index in [1.165, 1.54) is 0 Å². The maximum atomic E-state index is 12.1. The van der Waals surface area contributed by atoms with E-state index in [0.29, 0.717) is 12.4 Å². The SMILES string of the molecule is O=C(N[C@H](COCc1ccccc1)c1nn[nH]n1)OCc1ccccc1. The van der Waals surface area contributed by atoms with Gasteiger partial charge in [0.2, 0.25) is 0 Å². The molecule has 1 atom stereocenters. The molecule has 3 aromatic rings. The molecule has 2 aromatic carbocycles. The van der Waals surface area contributed by atoms with Crippen LogP contribution in [0, 0.1) is 0 Å². The van der Waals surface area contributed by atoms with Crippen molar-refractivity contribution < 1.29 is 14.3 Å². The summed E-state index contributed by atoms with van der Waals surface area (Å²) >= 11 is 0. The summed E-state index contributed by atoms with van der Waals surface area (Å²) in [5, 5.41) is 16.4. The molecule has 134 valence electrons. The first kappa shape index (κ1) is 17.6. The zero-order chi connectivity index (χ0) is 18.0. The predicted molar refractivity (Wildman–Crippen MR) is 92.8 cm³/mol. The Bertz CT molecular complexity index is 781. The van der Waals surface area contributed by atoms with E-state index in [1.54, 1.807) is 0 Å². The zero-order valence-corrected chi connectivity index (χ0v) is 14.0. The topological polar surface area (TPSA) is 102 Å². The van der Waals surface area contributed by atoms with Gasteiger partial charge in [0.1, 0.15) is 12.6 Å². The summed E-state index contributed by atoms with van der Waals surface area (Å²) in [5.41, 5.74) is 1.94. The Kier molecular flexibility index (Phi) is 6.27. The molecular formula is C18H19N5O3. The second-order valence-corrected chi connectivity index (χ2v) is 5.53. The molecule has 3 rings (SSSR count). The summed E-state index contributed by atoms with van der Waals surface area (Å²) in [6.45, 7) is 0.779. The molecule has 1 amide bonds. The molecule has 2 N–H and O–H groups in total. The van der Waals surface area contributed by atoms with Gasteiger partial charge < -0.3 is 14.8 Å². The van der Waals surface area contributed by atoms with Gasteiger partial charge in [-0.1, -0.05) is 65.9 Å². The smallest absolute Gasteiger partial charge is 0.408 e. The van der Waals surface area contributed by atoms with E-state index in [2.05, 4.69) is 25.9 Å².